The van der Waals surface area contributed by atoms with Crippen LogP contribution in [0.3, 0.4) is 0 Å². The Labute approximate surface area is 130 Å². The first-order valence-electron chi connectivity index (χ1n) is 7.22. The van der Waals surface area contributed by atoms with Gasteiger partial charge in [0.2, 0.25) is 0 Å². The smallest absolute Gasteiger partial charge is 0.393 e. The minimum Gasteiger partial charge on any atom is -0.393 e. The van der Waals surface area contributed by atoms with Crippen molar-refractivity contribution in [1.29, 1.82) is 0 Å². The molecule has 2 rings (SSSR count). The van der Waals surface area contributed by atoms with E-state index in [4.69, 9.17) is 0 Å². The second-order valence-electron chi connectivity index (χ2n) is 5.48. The molecule has 5 nitrogen and oxygen atoms in total. The third kappa shape index (κ3) is 5.24. The van der Waals surface area contributed by atoms with Gasteiger partial charge in [-0.3, -0.25) is 9.59 Å². The number of rotatable bonds is 5. The number of alkyl halides is 3. The second kappa shape index (κ2) is 6.99. The van der Waals surface area contributed by atoms with Crippen LogP contribution < -0.4 is 10.6 Å². The van der Waals surface area contributed by atoms with Crippen molar-refractivity contribution in [2.24, 2.45) is 5.92 Å². The molecule has 8 heteroatoms. The molecule has 1 aliphatic carbocycles. The van der Waals surface area contributed by atoms with E-state index in [9.17, 15) is 27.9 Å². The van der Waals surface area contributed by atoms with E-state index in [2.05, 4.69) is 10.6 Å². The fourth-order valence-corrected chi connectivity index (χ4v) is 2.06. The van der Waals surface area contributed by atoms with Crippen molar-refractivity contribution in [3.05, 3.63) is 29.8 Å². The maximum Gasteiger partial charge on any atom is 0.416 e. The molecule has 0 heterocycles. The Morgan fingerprint density at radius 3 is 2.30 bits per heavy atom. The first-order valence-corrected chi connectivity index (χ1v) is 7.22. The van der Waals surface area contributed by atoms with Crippen LogP contribution in [-0.4, -0.2) is 29.6 Å². The molecule has 0 aromatic heterocycles. The number of halogens is 3. The lowest BCUT2D eigenvalue weighted by Crippen LogP contribution is -2.37. The van der Waals surface area contributed by atoms with Gasteiger partial charge >= 0.3 is 18.0 Å². The lowest BCUT2D eigenvalue weighted by Gasteiger charge is -2.10. The van der Waals surface area contributed by atoms with Gasteiger partial charge in [0.25, 0.3) is 0 Å². The van der Waals surface area contributed by atoms with E-state index in [1.54, 1.807) is 0 Å². The monoisotopic (exact) mass is 330 g/mol. The maximum absolute atomic E-state index is 12.4. The van der Waals surface area contributed by atoms with Crippen molar-refractivity contribution in [2.45, 2.75) is 31.5 Å². The Balaban J connectivity index is 1.77. The van der Waals surface area contributed by atoms with Crippen LogP contribution in [0.1, 0.15) is 24.8 Å². The fraction of sp³-hybridized carbons (Fsp3) is 0.467. The average molecular weight is 330 g/mol. The quantitative estimate of drug-likeness (QED) is 0.722. The normalized spacial score (nSPS) is 15.8. The molecule has 1 aromatic rings. The van der Waals surface area contributed by atoms with E-state index in [-0.39, 0.29) is 18.2 Å². The number of nitrogens with one attached hydrogen (secondary N) is 2. The van der Waals surface area contributed by atoms with Crippen molar-refractivity contribution >= 4 is 17.5 Å². The molecule has 0 bridgehead atoms. The zero-order chi connectivity index (χ0) is 17.0. The van der Waals surface area contributed by atoms with Gasteiger partial charge in [0, 0.05) is 12.2 Å². The number of benzene rings is 1. The molecular formula is C15H17F3N2O3. The molecule has 2 amide bonds. The fourth-order valence-electron chi connectivity index (χ4n) is 2.06. The summed E-state index contributed by atoms with van der Waals surface area (Å²) in [6.07, 6.45) is -2.62. The minimum atomic E-state index is -4.46. The van der Waals surface area contributed by atoms with Crippen molar-refractivity contribution < 1.29 is 27.9 Å². The van der Waals surface area contributed by atoms with Gasteiger partial charge in [-0.2, -0.15) is 13.2 Å². The van der Waals surface area contributed by atoms with Gasteiger partial charge in [0.1, 0.15) is 0 Å². The summed E-state index contributed by atoms with van der Waals surface area (Å²) in [4.78, 5) is 23.2. The van der Waals surface area contributed by atoms with Crippen LogP contribution in [-0.2, 0) is 15.8 Å². The number of amides is 2. The summed E-state index contributed by atoms with van der Waals surface area (Å²) in [6.45, 7) is 0.164. The highest BCUT2D eigenvalue weighted by Crippen LogP contribution is 2.33. The molecule has 0 aliphatic heterocycles. The number of hydrogen-bond donors (Lipinski definition) is 3. The van der Waals surface area contributed by atoms with Crippen molar-refractivity contribution in [3.8, 4) is 0 Å². The molecule has 0 radical (unpaired) electrons. The largest absolute Gasteiger partial charge is 0.416 e. The highest BCUT2D eigenvalue weighted by atomic mass is 19.4. The maximum atomic E-state index is 12.4. The Kier molecular flexibility index (Phi) is 5.25. The number of carbonyl (C=O) groups is 2. The number of carbonyl (C=O) groups excluding carboxylic acids is 2. The van der Waals surface area contributed by atoms with Crippen molar-refractivity contribution in [2.75, 3.05) is 11.9 Å². The Morgan fingerprint density at radius 2 is 1.78 bits per heavy atom. The number of hydrogen-bond acceptors (Lipinski definition) is 3. The molecule has 1 fully saturated rings. The first-order chi connectivity index (χ1) is 10.8. The van der Waals surface area contributed by atoms with Gasteiger partial charge in [-0.05, 0) is 49.4 Å². The van der Waals surface area contributed by atoms with Crippen molar-refractivity contribution in [3.63, 3.8) is 0 Å². The van der Waals surface area contributed by atoms with Gasteiger partial charge in [-0.25, -0.2) is 0 Å². The molecule has 1 aliphatic rings. The summed E-state index contributed by atoms with van der Waals surface area (Å²) in [5.74, 6) is -1.58. The predicted molar refractivity (Wildman–Crippen MR) is 76.4 cm³/mol. The molecule has 1 saturated carbocycles. The molecule has 0 unspecified atom stereocenters. The molecule has 3 N–H and O–H groups in total. The lowest BCUT2D eigenvalue weighted by molar-refractivity contribution is -0.137. The standard InChI is InChI=1S/C15H17F3N2O3/c16-15(17,18)10-3-5-11(6-4-10)20-14(23)13(22)19-8-7-12(21)9-1-2-9/h3-6,9,12,21H,1-2,7-8H2,(H,19,22)(H,20,23)/t12-/m0/s1. The van der Waals surface area contributed by atoms with Crippen LogP contribution >= 0.6 is 0 Å². The summed E-state index contributed by atoms with van der Waals surface area (Å²) < 4.78 is 37.2. The second-order valence-corrected chi connectivity index (χ2v) is 5.48. The number of anilines is 1. The topological polar surface area (TPSA) is 78.4 Å². The summed E-state index contributed by atoms with van der Waals surface area (Å²) in [6, 6.07) is 3.79. The summed E-state index contributed by atoms with van der Waals surface area (Å²) in [5.41, 5.74) is -0.745. The molecule has 23 heavy (non-hydrogen) atoms. The zero-order valence-electron chi connectivity index (χ0n) is 12.2. The Morgan fingerprint density at radius 1 is 1.17 bits per heavy atom. The van der Waals surface area contributed by atoms with Crippen LogP contribution in [0.4, 0.5) is 18.9 Å². The molecule has 126 valence electrons. The highest BCUT2D eigenvalue weighted by molar-refractivity contribution is 6.39. The van der Waals surface area contributed by atoms with E-state index >= 15 is 0 Å². The molecule has 1 atom stereocenters. The Hall–Kier alpha value is -2.09. The number of aliphatic hydroxyl groups is 1. The predicted octanol–water partition coefficient (Wildman–Crippen LogP) is 1.92. The number of aliphatic hydroxyl groups excluding tert-OH is 1. The summed E-state index contributed by atoms with van der Waals surface area (Å²) in [5, 5.41) is 14.2. The summed E-state index contributed by atoms with van der Waals surface area (Å²) in [7, 11) is 0. The third-order valence-electron chi connectivity index (χ3n) is 3.57. The van der Waals surface area contributed by atoms with Crippen LogP contribution in [0.5, 0.6) is 0 Å². The highest BCUT2D eigenvalue weighted by Gasteiger charge is 2.30. The minimum absolute atomic E-state index is 0.0937. The first kappa shape index (κ1) is 17.3. The van der Waals surface area contributed by atoms with Gasteiger partial charge in [-0.1, -0.05) is 0 Å². The van der Waals surface area contributed by atoms with E-state index in [1.807, 2.05) is 0 Å². The van der Waals surface area contributed by atoms with Crippen molar-refractivity contribution in [1.82, 2.24) is 5.32 Å². The average Bonchev–Trinajstić information content (AvgIpc) is 3.31. The van der Waals surface area contributed by atoms with E-state index < -0.39 is 29.7 Å². The van der Waals surface area contributed by atoms with Gasteiger partial charge in [0.15, 0.2) is 0 Å². The molecule has 0 spiro atoms. The van der Waals surface area contributed by atoms with Gasteiger partial charge < -0.3 is 15.7 Å². The van der Waals surface area contributed by atoms with E-state index in [0.29, 0.717) is 6.42 Å². The zero-order valence-corrected chi connectivity index (χ0v) is 12.2. The van der Waals surface area contributed by atoms with Gasteiger partial charge in [-0.15, -0.1) is 0 Å². The van der Waals surface area contributed by atoms with Crippen LogP contribution in [0.2, 0.25) is 0 Å². The molecule has 0 saturated heterocycles. The molecular weight excluding hydrogens is 313 g/mol. The van der Waals surface area contributed by atoms with E-state index in [1.165, 1.54) is 0 Å². The van der Waals surface area contributed by atoms with Crippen LogP contribution in [0.25, 0.3) is 0 Å². The summed E-state index contributed by atoms with van der Waals surface area (Å²) >= 11 is 0. The Bertz CT molecular complexity index is 568. The lowest BCUT2D eigenvalue weighted by atomic mass is 10.1. The van der Waals surface area contributed by atoms with Gasteiger partial charge in [0.05, 0.1) is 11.7 Å². The third-order valence-corrected chi connectivity index (χ3v) is 3.57. The van der Waals surface area contributed by atoms with E-state index in [0.717, 1.165) is 37.1 Å². The SMILES string of the molecule is O=C(NCC[C@H](O)C1CC1)C(=O)Nc1ccc(C(F)(F)F)cc1. The van der Waals surface area contributed by atoms with Crippen LogP contribution in [0, 0.1) is 5.92 Å². The van der Waals surface area contributed by atoms with Crippen LogP contribution in [0.15, 0.2) is 24.3 Å². The molecule has 1 aromatic carbocycles.